The zero-order chi connectivity index (χ0) is 14.6. The Morgan fingerprint density at radius 3 is 2.37 bits per heavy atom. The molecule has 0 spiro atoms. The lowest BCUT2D eigenvalue weighted by Gasteiger charge is -2.06. The van der Waals surface area contributed by atoms with E-state index in [1.807, 2.05) is 5.32 Å². The Balaban J connectivity index is 2.65. The predicted molar refractivity (Wildman–Crippen MR) is 66.4 cm³/mol. The van der Waals surface area contributed by atoms with Gasteiger partial charge in [-0.2, -0.15) is 5.10 Å². The summed E-state index contributed by atoms with van der Waals surface area (Å²) in [6.07, 6.45) is 1.62. The molecule has 0 aliphatic carbocycles. The van der Waals surface area contributed by atoms with Gasteiger partial charge in [-0.15, -0.1) is 0 Å². The Bertz CT molecular complexity index is 559. The minimum Gasteiger partial charge on any atom is -0.478 e. The lowest BCUT2D eigenvalue weighted by atomic mass is 10.1. The van der Waals surface area contributed by atoms with Gasteiger partial charge in [0.05, 0.1) is 0 Å². The fourth-order valence-electron chi connectivity index (χ4n) is 1.16. The highest BCUT2D eigenvalue weighted by molar-refractivity contribution is 6.10. The van der Waals surface area contributed by atoms with Crippen LogP contribution in [0.1, 0.15) is 13.8 Å². The van der Waals surface area contributed by atoms with E-state index < -0.39 is 17.9 Å². The maximum absolute atomic E-state index is 11.6. The van der Waals surface area contributed by atoms with Crippen molar-refractivity contribution < 1.29 is 19.5 Å². The van der Waals surface area contributed by atoms with Gasteiger partial charge in [0.1, 0.15) is 0 Å². The van der Waals surface area contributed by atoms with Crippen molar-refractivity contribution >= 4 is 23.7 Å². The molecule has 1 heterocycles. The van der Waals surface area contributed by atoms with Gasteiger partial charge in [0.15, 0.2) is 5.82 Å². The molecule has 0 bridgehead atoms. The standard InChI is InChI=1S/C11H14N4O4/c1-6(7(2)10(17)18)9(16)13-11(19)12-8-4-5-15(3)14-8/h4-5H,1-3H3,(H,17,18)(H2,12,13,14,16,19). The van der Waals surface area contributed by atoms with E-state index in [0.29, 0.717) is 0 Å². The molecule has 0 aliphatic rings. The van der Waals surface area contributed by atoms with E-state index in [0.717, 1.165) is 0 Å². The highest BCUT2D eigenvalue weighted by Crippen LogP contribution is 2.04. The summed E-state index contributed by atoms with van der Waals surface area (Å²) in [5, 5.41) is 17.0. The number of nitrogens with zero attached hydrogens (tertiary/aromatic N) is 2. The number of aromatic nitrogens is 2. The van der Waals surface area contributed by atoms with E-state index in [-0.39, 0.29) is 17.0 Å². The number of carboxylic acid groups (broad SMARTS) is 1. The molecule has 8 heteroatoms. The van der Waals surface area contributed by atoms with E-state index in [1.54, 1.807) is 19.3 Å². The number of hydrogen-bond acceptors (Lipinski definition) is 4. The molecule has 0 saturated heterocycles. The van der Waals surface area contributed by atoms with Crippen molar-refractivity contribution in [3.05, 3.63) is 23.4 Å². The van der Waals surface area contributed by atoms with E-state index in [1.165, 1.54) is 18.5 Å². The van der Waals surface area contributed by atoms with Crippen molar-refractivity contribution in [1.82, 2.24) is 15.1 Å². The Hall–Kier alpha value is -2.64. The Morgan fingerprint density at radius 1 is 1.26 bits per heavy atom. The van der Waals surface area contributed by atoms with Crippen LogP contribution in [0.4, 0.5) is 10.6 Å². The molecule has 0 fully saturated rings. The first-order valence-corrected chi connectivity index (χ1v) is 5.34. The summed E-state index contributed by atoms with van der Waals surface area (Å²) in [6.45, 7) is 2.61. The summed E-state index contributed by atoms with van der Waals surface area (Å²) in [4.78, 5) is 33.7. The van der Waals surface area contributed by atoms with Crippen molar-refractivity contribution in [2.24, 2.45) is 7.05 Å². The van der Waals surface area contributed by atoms with Crippen LogP contribution in [0, 0.1) is 0 Å². The van der Waals surface area contributed by atoms with Gasteiger partial charge in [0.25, 0.3) is 5.91 Å². The topological polar surface area (TPSA) is 113 Å². The van der Waals surface area contributed by atoms with Gasteiger partial charge >= 0.3 is 12.0 Å². The minimum atomic E-state index is -1.21. The molecule has 1 aromatic rings. The molecule has 19 heavy (non-hydrogen) atoms. The number of rotatable bonds is 3. The number of anilines is 1. The smallest absolute Gasteiger partial charge is 0.331 e. The van der Waals surface area contributed by atoms with Gasteiger partial charge in [-0.1, -0.05) is 0 Å². The number of carbonyl (C=O) groups is 3. The van der Waals surface area contributed by atoms with Crippen molar-refractivity contribution in [3.63, 3.8) is 0 Å². The number of imide groups is 1. The summed E-state index contributed by atoms with van der Waals surface area (Å²) in [5.74, 6) is -1.70. The highest BCUT2D eigenvalue weighted by Gasteiger charge is 2.15. The molecule has 0 radical (unpaired) electrons. The van der Waals surface area contributed by atoms with Crippen molar-refractivity contribution in [2.75, 3.05) is 5.32 Å². The average molecular weight is 266 g/mol. The number of urea groups is 1. The molecular formula is C11H14N4O4. The summed E-state index contributed by atoms with van der Waals surface area (Å²) in [7, 11) is 1.68. The molecule has 3 N–H and O–H groups in total. The SMILES string of the molecule is CC(C(=O)O)=C(C)C(=O)NC(=O)Nc1ccn(C)n1. The average Bonchev–Trinajstić information content (AvgIpc) is 2.72. The van der Waals surface area contributed by atoms with Gasteiger partial charge in [-0.3, -0.25) is 20.1 Å². The Kier molecular flexibility index (Phi) is 4.41. The van der Waals surface area contributed by atoms with Crippen LogP contribution in [0.3, 0.4) is 0 Å². The number of carbonyl (C=O) groups excluding carboxylic acids is 2. The molecule has 0 aromatic carbocycles. The third-order valence-corrected chi connectivity index (χ3v) is 2.41. The largest absolute Gasteiger partial charge is 0.478 e. The third kappa shape index (κ3) is 3.95. The van der Waals surface area contributed by atoms with Crippen LogP contribution in [-0.4, -0.2) is 32.8 Å². The highest BCUT2D eigenvalue weighted by atomic mass is 16.4. The fourth-order valence-corrected chi connectivity index (χ4v) is 1.16. The Morgan fingerprint density at radius 2 is 1.89 bits per heavy atom. The summed E-state index contributed by atoms with van der Waals surface area (Å²) in [5.41, 5.74) is -0.160. The quantitative estimate of drug-likeness (QED) is 0.689. The maximum atomic E-state index is 11.6. The maximum Gasteiger partial charge on any atom is 0.331 e. The first-order valence-electron chi connectivity index (χ1n) is 5.34. The number of nitrogens with one attached hydrogen (secondary N) is 2. The lowest BCUT2D eigenvalue weighted by molar-refractivity contribution is -0.133. The van der Waals surface area contributed by atoms with E-state index in [4.69, 9.17) is 5.11 Å². The van der Waals surface area contributed by atoms with Crippen molar-refractivity contribution in [1.29, 1.82) is 0 Å². The summed E-state index contributed by atoms with van der Waals surface area (Å²) >= 11 is 0. The van der Waals surface area contributed by atoms with Crippen LogP contribution in [0.25, 0.3) is 0 Å². The number of aryl methyl sites for hydroxylation is 1. The van der Waals surface area contributed by atoms with Gasteiger partial charge < -0.3 is 5.11 Å². The van der Waals surface area contributed by atoms with Crippen LogP contribution >= 0.6 is 0 Å². The fraction of sp³-hybridized carbons (Fsp3) is 0.273. The van der Waals surface area contributed by atoms with Crippen LogP contribution in [-0.2, 0) is 16.6 Å². The van der Waals surface area contributed by atoms with Crippen LogP contribution in [0.15, 0.2) is 23.4 Å². The Labute approximate surface area is 109 Å². The minimum absolute atomic E-state index is 0.0383. The van der Waals surface area contributed by atoms with E-state index in [9.17, 15) is 14.4 Å². The normalized spacial score (nSPS) is 11.5. The lowest BCUT2D eigenvalue weighted by Crippen LogP contribution is -2.35. The molecule has 102 valence electrons. The zero-order valence-corrected chi connectivity index (χ0v) is 10.7. The second-order valence-electron chi connectivity index (χ2n) is 3.84. The van der Waals surface area contributed by atoms with Gasteiger partial charge in [-0.25, -0.2) is 9.59 Å². The van der Waals surface area contributed by atoms with Crippen LogP contribution in [0.2, 0.25) is 0 Å². The van der Waals surface area contributed by atoms with Gasteiger partial charge in [0, 0.05) is 30.5 Å². The molecule has 0 aliphatic heterocycles. The predicted octanol–water partition coefficient (Wildman–Crippen LogP) is 0.489. The first-order chi connectivity index (χ1) is 8.81. The zero-order valence-electron chi connectivity index (χ0n) is 10.7. The van der Waals surface area contributed by atoms with Gasteiger partial charge in [0.2, 0.25) is 0 Å². The van der Waals surface area contributed by atoms with Crippen LogP contribution in [0.5, 0.6) is 0 Å². The van der Waals surface area contributed by atoms with Crippen LogP contribution < -0.4 is 10.6 Å². The number of amides is 3. The molecule has 3 amide bonds. The number of hydrogen-bond donors (Lipinski definition) is 3. The van der Waals surface area contributed by atoms with E-state index >= 15 is 0 Å². The molecule has 8 nitrogen and oxygen atoms in total. The van der Waals surface area contributed by atoms with Crippen molar-refractivity contribution in [2.45, 2.75) is 13.8 Å². The van der Waals surface area contributed by atoms with Crippen molar-refractivity contribution in [3.8, 4) is 0 Å². The molecular weight excluding hydrogens is 252 g/mol. The number of carboxylic acids is 1. The molecule has 0 unspecified atom stereocenters. The molecule has 1 aromatic heterocycles. The second-order valence-corrected chi connectivity index (χ2v) is 3.84. The summed E-state index contributed by atoms with van der Waals surface area (Å²) in [6, 6.07) is 0.774. The first kappa shape index (κ1) is 14.4. The summed E-state index contributed by atoms with van der Waals surface area (Å²) < 4.78 is 1.48. The number of aliphatic carboxylic acids is 1. The molecule has 0 atom stereocenters. The second kappa shape index (κ2) is 5.80. The monoisotopic (exact) mass is 266 g/mol. The molecule has 0 saturated carbocycles. The third-order valence-electron chi connectivity index (χ3n) is 2.41. The van der Waals surface area contributed by atoms with E-state index in [2.05, 4.69) is 10.4 Å². The molecule has 1 rings (SSSR count). The van der Waals surface area contributed by atoms with Gasteiger partial charge in [-0.05, 0) is 13.8 Å².